The molecule has 2 saturated heterocycles. The minimum Gasteiger partial charge on any atom is -0.375 e. The van der Waals surface area contributed by atoms with Crippen LogP contribution in [0.3, 0.4) is 0 Å². The van der Waals surface area contributed by atoms with Gasteiger partial charge in [-0.05, 0) is 16.5 Å². The van der Waals surface area contributed by atoms with Crippen molar-refractivity contribution < 1.29 is 19.2 Å². The molecule has 2 aliphatic heterocycles. The van der Waals surface area contributed by atoms with Crippen LogP contribution in [0.15, 0.2) is 24.3 Å². The van der Waals surface area contributed by atoms with E-state index in [4.69, 9.17) is 4.74 Å². The first-order chi connectivity index (χ1) is 13.8. The fourth-order valence-electron chi connectivity index (χ4n) is 3.94. The highest BCUT2D eigenvalue weighted by atomic mass is 32.2. The second-order valence-corrected chi connectivity index (χ2v) is 10.0. The van der Waals surface area contributed by atoms with Crippen LogP contribution in [0.5, 0.6) is 0 Å². The number of methoxy groups -OCH3 is 1. The molecule has 2 amide bonds. The van der Waals surface area contributed by atoms with Gasteiger partial charge in [-0.15, -0.1) is 11.8 Å². The molecule has 160 valence electrons. The van der Waals surface area contributed by atoms with Gasteiger partial charge in [0.15, 0.2) is 0 Å². The number of rotatable bonds is 6. The lowest BCUT2D eigenvalue weighted by Crippen LogP contribution is -3.15. The quantitative estimate of drug-likeness (QED) is 0.744. The van der Waals surface area contributed by atoms with Crippen LogP contribution in [0.25, 0.3) is 0 Å². The molecule has 0 bridgehead atoms. The maximum Gasteiger partial charge on any atom is 0.248 e. The topological polar surface area (TPSA) is 54.3 Å². The third-order valence-electron chi connectivity index (χ3n) is 5.83. The third kappa shape index (κ3) is 5.53. The fourth-order valence-corrected chi connectivity index (χ4v) is 5.15. The minimum atomic E-state index is 0.0661. The van der Waals surface area contributed by atoms with Crippen molar-refractivity contribution in [2.75, 3.05) is 58.7 Å². The number of hydrogen-bond donors (Lipinski definition) is 1. The van der Waals surface area contributed by atoms with Crippen molar-refractivity contribution in [2.45, 2.75) is 31.6 Å². The number of quaternary nitrogens is 1. The molecule has 0 aromatic heterocycles. The molecule has 0 aliphatic carbocycles. The van der Waals surface area contributed by atoms with Gasteiger partial charge < -0.3 is 19.4 Å². The zero-order valence-electron chi connectivity index (χ0n) is 18.1. The van der Waals surface area contributed by atoms with Crippen LogP contribution in [0, 0.1) is 0 Å². The minimum absolute atomic E-state index is 0.0661. The van der Waals surface area contributed by atoms with E-state index in [0.717, 1.165) is 39.3 Å². The highest BCUT2D eigenvalue weighted by Gasteiger charge is 2.34. The number of nitrogens with zero attached hydrogens (tertiary/aromatic N) is 2. The fraction of sp³-hybridized carbons (Fsp3) is 0.636. The van der Waals surface area contributed by atoms with Crippen molar-refractivity contribution in [3.63, 3.8) is 0 Å². The number of piperazine rings is 1. The van der Waals surface area contributed by atoms with Crippen molar-refractivity contribution in [3.8, 4) is 0 Å². The first-order valence-corrected chi connectivity index (χ1v) is 11.5. The summed E-state index contributed by atoms with van der Waals surface area (Å²) in [7, 11) is 1.55. The number of carbonyl (C=O) groups is 2. The predicted octanol–water partition coefficient (Wildman–Crippen LogP) is 0.932. The maximum atomic E-state index is 12.5. The van der Waals surface area contributed by atoms with Crippen LogP contribution in [0.4, 0.5) is 0 Å². The van der Waals surface area contributed by atoms with Crippen LogP contribution in [-0.2, 0) is 19.7 Å². The van der Waals surface area contributed by atoms with Gasteiger partial charge in [0.1, 0.15) is 12.0 Å². The van der Waals surface area contributed by atoms with E-state index >= 15 is 0 Å². The Bertz CT molecular complexity index is 709. The molecule has 1 N–H and O–H groups in total. The van der Waals surface area contributed by atoms with E-state index in [1.54, 1.807) is 18.9 Å². The molecule has 6 nitrogen and oxygen atoms in total. The van der Waals surface area contributed by atoms with Crippen LogP contribution in [0.2, 0.25) is 0 Å². The monoisotopic (exact) mass is 420 g/mol. The molecule has 2 heterocycles. The highest BCUT2D eigenvalue weighted by molar-refractivity contribution is 8.00. The summed E-state index contributed by atoms with van der Waals surface area (Å²) in [4.78, 5) is 29.8. The zero-order valence-corrected chi connectivity index (χ0v) is 18.9. The van der Waals surface area contributed by atoms with Crippen molar-refractivity contribution >= 4 is 23.6 Å². The van der Waals surface area contributed by atoms with Gasteiger partial charge >= 0.3 is 0 Å². The molecule has 0 radical (unpaired) electrons. The number of benzene rings is 1. The lowest BCUT2D eigenvalue weighted by molar-refractivity contribution is -0.903. The average Bonchev–Trinajstić information content (AvgIpc) is 3.07. The van der Waals surface area contributed by atoms with Gasteiger partial charge in [0, 0.05) is 7.11 Å². The highest BCUT2D eigenvalue weighted by Crippen LogP contribution is 2.38. The molecule has 29 heavy (non-hydrogen) atoms. The third-order valence-corrected chi connectivity index (χ3v) is 7.08. The number of thioether (sulfide) groups is 1. The Labute approximate surface area is 178 Å². The predicted molar refractivity (Wildman–Crippen MR) is 116 cm³/mol. The summed E-state index contributed by atoms with van der Waals surface area (Å²) >= 11 is 1.72. The molecule has 1 aromatic rings. The molecule has 3 rings (SSSR count). The van der Waals surface area contributed by atoms with Crippen LogP contribution in [-0.4, -0.2) is 80.4 Å². The molecule has 1 aromatic carbocycles. The van der Waals surface area contributed by atoms with E-state index in [0.29, 0.717) is 5.75 Å². The van der Waals surface area contributed by atoms with Gasteiger partial charge in [-0.2, -0.15) is 0 Å². The van der Waals surface area contributed by atoms with E-state index in [1.165, 1.54) is 16.0 Å². The largest absolute Gasteiger partial charge is 0.375 e. The molecule has 0 saturated carbocycles. The number of amides is 2. The van der Waals surface area contributed by atoms with Gasteiger partial charge in [0.2, 0.25) is 11.8 Å². The Morgan fingerprint density at radius 1 is 1.21 bits per heavy atom. The zero-order chi connectivity index (χ0) is 21.0. The first-order valence-electron chi connectivity index (χ1n) is 10.4. The normalized spacial score (nSPS) is 21.1. The summed E-state index contributed by atoms with van der Waals surface area (Å²) in [5, 5.41) is 0.112. The number of hydrogen-bond acceptors (Lipinski definition) is 4. The van der Waals surface area contributed by atoms with Crippen molar-refractivity contribution in [2.24, 2.45) is 0 Å². The Balaban J connectivity index is 1.54. The molecular formula is C22H34N3O3S+. The Hall–Kier alpha value is -1.57. The van der Waals surface area contributed by atoms with Gasteiger partial charge in [0.25, 0.3) is 0 Å². The SMILES string of the molecule is COCC(=O)N1CC[NH+](CCN2C(=O)CS[C@H]2c2ccc(C(C)(C)C)cc2)CC1. The standard InChI is InChI=1S/C22H33N3O3S/c1-22(2,3)18-7-5-17(6-8-18)21-25(20(27)16-29-21)14-11-23-9-12-24(13-10-23)19(26)15-28-4/h5-8,21H,9-16H2,1-4H3/p+1/t21-/m0/s1. The van der Waals surface area contributed by atoms with Crippen molar-refractivity contribution in [1.29, 1.82) is 0 Å². The van der Waals surface area contributed by atoms with Gasteiger partial charge in [-0.3, -0.25) is 9.59 Å². The molecule has 1 atom stereocenters. The Morgan fingerprint density at radius 2 is 1.86 bits per heavy atom. The summed E-state index contributed by atoms with van der Waals surface area (Å²) in [5.41, 5.74) is 2.65. The molecule has 0 spiro atoms. The second-order valence-electron chi connectivity index (χ2n) is 8.94. The molecular weight excluding hydrogens is 386 g/mol. The van der Waals surface area contributed by atoms with E-state index in [2.05, 4.69) is 45.0 Å². The van der Waals surface area contributed by atoms with Crippen LogP contribution < -0.4 is 4.90 Å². The summed E-state index contributed by atoms with van der Waals surface area (Å²) < 4.78 is 4.95. The maximum absolute atomic E-state index is 12.5. The molecule has 2 aliphatic rings. The van der Waals surface area contributed by atoms with Crippen molar-refractivity contribution in [3.05, 3.63) is 35.4 Å². The summed E-state index contributed by atoms with van der Waals surface area (Å²) in [6.07, 6.45) is 0. The molecule has 2 fully saturated rings. The van der Waals surface area contributed by atoms with Gasteiger partial charge in [-0.1, -0.05) is 45.0 Å². The smallest absolute Gasteiger partial charge is 0.248 e. The summed E-state index contributed by atoms with van der Waals surface area (Å²) in [5.74, 6) is 0.852. The van der Waals surface area contributed by atoms with Crippen LogP contribution >= 0.6 is 11.8 Å². The van der Waals surface area contributed by atoms with Gasteiger partial charge in [-0.25, -0.2) is 0 Å². The van der Waals surface area contributed by atoms with E-state index < -0.39 is 0 Å². The summed E-state index contributed by atoms with van der Waals surface area (Å²) in [6.45, 7) is 11.9. The lowest BCUT2D eigenvalue weighted by atomic mass is 9.87. The first kappa shape index (κ1) is 22.1. The molecule has 0 unspecified atom stereocenters. The Morgan fingerprint density at radius 3 is 2.45 bits per heavy atom. The summed E-state index contributed by atoms with van der Waals surface area (Å²) in [6, 6.07) is 8.74. The van der Waals surface area contributed by atoms with E-state index in [9.17, 15) is 9.59 Å². The van der Waals surface area contributed by atoms with E-state index in [-0.39, 0.29) is 29.2 Å². The number of carbonyl (C=O) groups excluding carboxylic acids is 2. The second kappa shape index (κ2) is 9.49. The van der Waals surface area contributed by atoms with E-state index in [1.807, 2.05) is 9.80 Å². The number of ether oxygens (including phenoxy) is 1. The lowest BCUT2D eigenvalue weighted by Gasteiger charge is -2.33. The van der Waals surface area contributed by atoms with Gasteiger partial charge in [0.05, 0.1) is 45.0 Å². The molecule has 7 heteroatoms. The average molecular weight is 421 g/mol. The number of nitrogens with one attached hydrogen (secondary N) is 1. The van der Waals surface area contributed by atoms with Crippen LogP contribution in [0.1, 0.15) is 37.3 Å². The van der Waals surface area contributed by atoms with Crippen molar-refractivity contribution in [1.82, 2.24) is 9.80 Å². The Kier molecular flexibility index (Phi) is 7.24.